The van der Waals surface area contributed by atoms with Gasteiger partial charge >= 0.3 is 5.97 Å². The average molecular weight is 304 g/mol. The second kappa shape index (κ2) is 5.18. The number of hydrogen-bond donors (Lipinski definition) is 2. The van der Waals surface area contributed by atoms with Gasteiger partial charge in [-0.05, 0) is 25.2 Å². The number of carboxylic acids is 1. The minimum absolute atomic E-state index is 0.0111. The Balaban J connectivity index is 2.03. The summed E-state index contributed by atoms with van der Waals surface area (Å²) in [6.07, 6.45) is 3.80. The Kier molecular flexibility index (Phi) is 3.93. The molecule has 0 aliphatic heterocycles. The first-order valence-electron chi connectivity index (χ1n) is 5.97. The summed E-state index contributed by atoms with van der Waals surface area (Å²) in [7, 11) is -3.57. The maximum atomic E-state index is 12.0. The lowest BCUT2D eigenvalue weighted by molar-refractivity contribution is -0.141. The van der Waals surface area contributed by atoms with Crippen molar-refractivity contribution in [3.63, 3.8) is 0 Å². The Morgan fingerprint density at radius 3 is 2.68 bits per heavy atom. The first-order valence-corrected chi connectivity index (χ1v) is 8.27. The third-order valence-corrected chi connectivity index (χ3v) is 6.22. The molecule has 1 fully saturated rings. The van der Waals surface area contributed by atoms with Gasteiger partial charge in [-0.1, -0.05) is 6.42 Å². The van der Waals surface area contributed by atoms with E-state index in [0.29, 0.717) is 5.01 Å². The van der Waals surface area contributed by atoms with E-state index in [1.165, 1.54) is 6.20 Å². The van der Waals surface area contributed by atoms with Gasteiger partial charge < -0.3 is 5.11 Å². The second-order valence-electron chi connectivity index (χ2n) is 4.95. The van der Waals surface area contributed by atoms with Crippen molar-refractivity contribution in [2.75, 3.05) is 6.54 Å². The number of nitrogens with one attached hydrogen (secondary N) is 1. The van der Waals surface area contributed by atoms with Crippen LogP contribution in [0.25, 0.3) is 0 Å². The van der Waals surface area contributed by atoms with Gasteiger partial charge in [0, 0.05) is 6.54 Å². The van der Waals surface area contributed by atoms with Crippen LogP contribution in [0.2, 0.25) is 0 Å². The molecule has 0 spiro atoms. The van der Waals surface area contributed by atoms with Crippen LogP contribution in [0.4, 0.5) is 0 Å². The number of aromatic nitrogens is 1. The molecule has 2 N–H and O–H groups in total. The van der Waals surface area contributed by atoms with Crippen molar-refractivity contribution in [3.8, 4) is 0 Å². The average Bonchev–Trinajstić information content (AvgIpc) is 2.69. The summed E-state index contributed by atoms with van der Waals surface area (Å²) in [6, 6.07) is 0. The number of aryl methyl sites for hydroxylation is 1. The van der Waals surface area contributed by atoms with Gasteiger partial charge in [-0.15, -0.1) is 11.3 Å². The molecule has 0 radical (unpaired) electrons. The second-order valence-corrected chi connectivity index (χ2v) is 8.18. The molecule has 106 valence electrons. The van der Waals surface area contributed by atoms with Crippen molar-refractivity contribution in [1.82, 2.24) is 9.71 Å². The number of sulfonamides is 1. The van der Waals surface area contributed by atoms with E-state index < -0.39 is 21.4 Å². The molecular weight excluding hydrogens is 288 g/mol. The van der Waals surface area contributed by atoms with Crippen LogP contribution in [-0.4, -0.2) is 31.0 Å². The van der Waals surface area contributed by atoms with Gasteiger partial charge in [0.15, 0.2) is 4.21 Å². The summed E-state index contributed by atoms with van der Waals surface area (Å²) in [6.45, 7) is 1.92. The van der Waals surface area contributed by atoms with Gasteiger partial charge in [0.1, 0.15) is 0 Å². The highest BCUT2D eigenvalue weighted by molar-refractivity contribution is 7.91. The summed E-state index contributed by atoms with van der Waals surface area (Å²) in [5.74, 6) is -0.882. The molecule has 1 aliphatic rings. The Morgan fingerprint density at radius 1 is 1.58 bits per heavy atom. The molecule has 2 rings (SSSR count). The minimum Gasteiger partial charge on any atom is -0.481 e. The number of carbonyl (C=O) groups is 1. The summed E-state index contributed by atoms with van der Waals surface area (Å²) >= 11 is 1.11. The van der Waals surface area contributed by atoms with Gasteiger partial charge in [0.25, 0.3) is 10.0 Å². The van der Waals surface area contributed by atoms with Crippen LogP contribution in [-0.2, 0) is 14.8 Å². The molecule has 0 unspecified atom stereocenters. The van der Waals surface area contributed by atoms with E-state index in [0.717, 1.165) is 30.6 Å². The molecule has 1 aliphatic carbocycles. The van der Waals surface area contributed by atoms with Gasteiger partial charge in [0.05, 0.1) is 17.6 Å². The molecule has 0 bridgehead atoms. The van der Waals surface area contributed by atoms with Crippen LogP contribution < -0.4 is 4.72 Å². The highest BCUT2D eigenvalue weighted by Crippen LogP contribution is 2.43. The first-order chi connectivity index (χ1) is 8.83. The smallest absolute Gasteiger partial charge is 0.303 e. The predicted octanol–water partition coefficient (Wildman–Crippen LogP) is 1.37. The van der Waals surface area contributed by atoms with Crippen LogP contribution in [0.5, 0.6) is 0 Å². The number of rotatable bonds is 6. The Labute approximate surface area is 115 Å². The maximum Gasteiger partial charge on any atom is 0.303 e. The zero-order valence-corrected chi connectivity index (χ0v) is 12.2. The molecule has 1 heterocycles. The fourth-order valence-corrected chi connectivity index (χ4v) is 4.51. The normalized spacial score (nSPS) is 17.9. The van der Waals surface area contributed by atoms with Gasteiger partial charge in [-0.2, -0.15) is 0 Å². The van der Waals surface area contributed by atoms with Crippen molar-refractivity contribution in [2.24, 2.45) is 5.41 Å². The van der Waals surface area contributed by atoms with Crippen molar-refractivity contribution < 1.29 is 18.3 Å². The van der Waals surface area contributed by atoms with Crippen molar-refractivity contribution in [2.45, 2.75) is 36.8 Å². The van der Waals surface area contributed by atoms with Crippen LogP contribution in [0.1, 0.15) is 30.7 Å². The molecule has 0 aromatic carbocycles. The van der Waals surface area contributed by atoms with Gasteiger partial charge in [0.2, 0.25) is 0 Å². The van der Waals surface area contributed by atoms with Crippen molar-refractivity contribution in [1.29, 1.82) is 0 Å². The van der Waals surface area contributed by atoms with Crippen molar-refractivity contribution >= 4 is 27.3 Å². The maximum absolute atomic E-state index is 12.0. The minimum atomic E-state index is -3.57. The molecule has 8 heteroatoms. The molecule has 1 aromatic heterocycles. The molecule has 0 atom stereocenters. The number of nitrogens with zero attached hydrogens (tertiary/aromatic N) is 1. The summed E-state index contributed by atoms with van der Waals surface area (Å²) in [5.41, 5.74) is -0.418. The fraction of sp³-hybridized carbons (Fsp3) is 0.636. The summed E-state index contributed by atoms with van der Waals surface area (Å²) in [4.78, 5) is 14.7. The number of hydrogen-bond acceptors (Lipinski definition) is 5. The predicted molar refractivity (Wildman–Crippen MR) is 70.6 cm³/mol. The molecule has 19 heavy (non-hydrogen) atoms. The third kappa shape index (κ3) is 3.31. The molecule has 0 saturated heterocycles. The summed E-state index contributed by atoms with van der Waals surface area (Å²) < 4.78 is 26.8. The lowest BCUT2D eigenvalue weighted by atomic mass is 9.67. The zero-order valence-electron chi connectivity index (χ0n) is 10.5. The van der Waals surface area contributed by atoms with E-state index in [1.54, 1.807) is 6.92 Å². The highest BCUT2D eigenvalue weighted by atomic mass is 32.2. The SMILES string of the molecule is Cc1ncc(S(=O)(=O)NCC2(CC(=O)O)CCC2)s1. The topological polar surface area (TPSA) is 96.4 Å². The van der Waals surface area contributed by atoms with E-state index in [4.69, 9.17) is 5.11 Å². The zero-order chi connectivity index (χ0) is 14.1. The molecule has 1 saturated carbocycles. The van der Waals surface area contributed by atoms with Crippen LogP contribution in [0.15, 0.2) is 10.4 Å². The van der Waals surface area contributed by atoms with E-state index in [-0.39, 0.29) is 17.2 Å². The summed E-state index contributed by atoms with van der Waals surface area (Å²) in [5, 5.41) is 9.56. The van der Waals surface area contributed by atoms with Gasteiger partial charge in [-0.25, -0.2) is 18.1 Å². The van der Waals surface area contributed by atoms with E-state index >= 15 is 0 Å². The molecule has 0 amide bonds. The number of thiazole rings is 1. The van der Waals surface area contributed by atoms with Crippen LogP contribution in [0, 0.1) is 12.3 Å². The van der Waals surface area contributed by atoms with E-state index in [2.05, 4.69) is 9.71 Å². The van der Waals surface area contributed by atoms with Crippen LogP contribution >= 0.6 is 11.3 Å². The third-order valence-electron chi connectivity index (χ3n) is 3.44. The Hall–Kier alpha value is -0.990. The number of carboxylic acid groups (broad SMARTS) is 1. The Bertz CT molecular complexity index is 575. The van der Waals surface area contributed by atoms with Crippen molar-refractivity contribution in [3.05, 3.63) is 11.2 Å². The lowest BCUT2D eigenvalue weighted by Crippen LogP contribution is -2.43. The first kappa shape index (κ1) is 14.4. The largest absolute Gasteiger partial charge is 0.481 e. The standard InChI is InChI=1S/C11H16N2O4S2/c1-8-12-6-10(18-8)19(16,17)13-7-11(3-2-4-11)5-9(14)15/h6,13H,2-5,7H2,1H3,(H,14,15). The molecule has 1 aromatic rings. The van der Waals surface area contributed by atoms with E-state index in [9.17, 15) is 13.2 Å². The Morgan fingerprint density at radius 2 is 2.26 bits per heavy atom. The molecular formula is C11H16N2O4S2. The van der Waals surface area contributed by atoms with E-state index in [1.807, 2.05) is 0 Å². The van der Waals surface area contributed by atoms with Gasteiger partial charge in [-0.3, -0.25) is 4.79 Å². The monoisotopic (exact) mass is 304 g/mol. The lowest BCUT2D eigenvalue weighted by Gasteiger charge is -2.40. The fourth-order valence-electron chi connectivity index (χ4n) is 2.20. The molecule has 6 nitrogen and oxygen atoms in total. The van der Waals surface area contributed by atoms with Crippen LogP contribution in [0.3, 0.4) is 0 Å². The highest BCUT2D eigenvalue weighted by Gasteiger charge is 2.40. The quantitative estimate of drug-likeness (QED) is 0.827. The number of aliphatic carboxylic acids is 1.